The molecule has 0 radical (unpaired) electrons. The lowest BCUT2D eigenvalue weighted by molar-refractivity contribution is -0.156. The molecule has 0 spiro atoms. The number of alkyl halides is 3. The van der Waals surface area contributed by atoms with Gasteiger partial charge in [-0.05, 0) is 41.1 Å². The largest absolute Gasteiger partial charge is 0.410 e. The van der Waals surface area contributed by atoms with Gasteiger partial charge in [0, 0.05) is 12.7 Å². The van der Waals surface area contributed by atoms with Crippen molar-refractivity contribution in [2.75, 3.05) is 5.32 Å². The van der Waals surface area contributed by atoms with Crippen LogP contribution in [0.2, 0.25) is 5.02 Å². The zero-order valence-electron chi connectivity index (χ0n) is 15.2. The van der Waals surface area contributed by atoms with E-state index >= 15 is 0 Å². The van der Waals surface area contributed by atoms with Crippen molar-refractivity contribution in [3.05, 3.63) is 44.9 Å². The second-order valence-corrected chi connectivity index (χ2v) is 7.10. The van der Waals surface area contributed by atoms with Gasteiger partial charge in [0.05, 0.1) is 9.50 Å². The summed E-state index contributed by atoms with van der Waals surface area (Å²) in [6.45, 7) is 0.701. The molecule has 0 saturated carbocycles. The Morgan fingerprint density at radius 2 is 2.00 bits per heavy atom. The number of oxime groups is 1. The summed E-state index contributed by atoms with van der Waals surface area (Å²) in [6.07, 6.45) is -4.72. The Bertz CT molecular complexity index is 1030. The molecule has 1 heterocycles. The number of amides is 2. The van der Waals surface area contributed by atoms with E-state index in [1.807, 2.05) is 0 Å². The van der Waals surface area contributed by atoms with Crippen molar-refractivity contribution < 1.29 is 32.4 Å². The van der Waals surface area contributed by atoms with E-state index in [1.165, 1.54) is 13.1 Å². The van der Waals surface area contributed by atoms with E-state index in [-0.39, 0.29) is 26.6 Å². The lowest BCUT2D eigenvalue weighted by Crippen LogP contribution is -2.46. The number of aromatic nitrogens is 2. The van der Waals surface area contributed by atoms with Gasteiger partial charge in [-0.25, -0.2) is 4.39 Å². The van der Waals surface area contributed by atoms with Crippen LogP contribution in [0.3, 0.4) is 0 Å². The molecule has 0 aliphatic heterocycles. The molecule has 1 unspecified atom stereocenters. The van der Waals surface area contributed by atoms with E-state index < -0.39 is 35.6 Å². The molecule has 0 bridgehead atoms. The maximum atomic E-state index is 13.2. The number of hydrogen-bond acceptors (Lipinski definition) is 5. The Labute approximate surface area is 180 Å². The van der Waals surface area contributed by atoms with Gasteiger partial charge in [0.1, 0.15) is 23.2 Å². The number of anilines is 1. The monoisotopic (exact) mass is 513 g/mol. The van der Waals surface area contributed by atoms with Crippen LogP contribution >= 0.6 is 27.5 Å². The Morgan fingerprint density at radius 3 is 2.53 bits per heavy atom. The first-order valence-electron chi connectivity index (χ1n) is 7.95. The highest BCUT2D eigenvalue weighted by Crippen LogP contribution is 2.25. The van der Waals surface area contributed by atoms with Crippen LogP contribution in [-0.4, -0.2) is 44.7 Å². The topological polar surface area (TPSA) is 109 Å². The van der Waals surface area contributed by atoms with Gasteiger partial charge in [-0.15, -0.1) is 0 Å². The zero-order chi connectivity index (χ0) is 22.8. The number of rotatable bonds is 5. The Balaban J connectivity index is 2.31. The Morgan fingerprint density at radius 1 is 1.37 bits per heavy atom. The highest BCUT2D eigenvalue weighted by molar-refractivity contribution is 9.10. The summed E-state index contributed by atoms with van der Waals surface area (Å²) in [7, 11) is 1.31. The summed E-state index contributed by atoms with van der Waals surface area (Å²) in [5.41, 5.74) is -1.25. The quantitative estimate of drug-likeness (QED) is 0.246. The molecule has 2 rings (SSSR count). The molecule has 162 valence electrons. The number of nitrogens with zero attached hydrogens (tertiary/aromatic N) is 3. The third kappa shape index (κ3) is 5.08. The summed E-state index contributed by atoms with van der Waals surface area (Å²) in [5, 5.41) is 19.5. The molecule has 0 saturated heterocycles. The zero-order valence-corrected chi connectivity index (χ0v) is 17.5. The minimum Gasteiger partial charge on any atom is -0.410 e. The van der Waals surface area contributed by atoms with Crippen molar-refractivity contribution >= 4 is 50.7 Å². The van der Waals surface area contributed by atoms with Crippen LogP contribution in [0.4, 0.5) is 23.2 Å². The van der Waals surface area contributed by atoms with Crippen LogP contribution in [-0.2, 0) is 11.8 Å². The average Bonchev–Trinajstić information content (AvgIpc) is 2.92. The second kappa shape index (κ2) is 9.00. The van der Waals surface area contributed by atoms with Crippen molar-refractivity contribution in [1.82, 2.24) is 15.1 Å². The summed E-state index contributed by atoms with van der Waals surface area (Å²) in [5.74, 6) is -2.83. The number of carbonyl (C=O) groups excluding carboxylic acids is 2. The van der Waals surface area contributed by atoms with Crippen LogP contribution in [0.5, 0.6) is 0 Å². The van der Waals surface area contributed by atoms with Crippen molar-refractivity contribution in [1.29, 1.82) is 0 Å². The van der Waals surface area contributed by atoms with E-state index in [0.29, 0.717) is 6.92 Å². The van der Waals surface area contributed by atoms with Gasteiger partial charge < -0.3 is 15.8 Å². The summed E-state index contributed by atoms with van der Waals surface area (Å²) in [6, 6.07) is 1.21. The maximum Gasteiger partial charge on any atom is 0.408 e. The van der Waals surface area contributed by atoms with Crippen molar-refractivity contribution in [3.63, 3.8) is 0 Å². The van der Waals surface area contributed by atoms with E-state index in [1.54, 1.807) is 5.32 Å². The number of benzene rings is 1. The molecule has 1 atom stereocenters. The molecule has 3 N–H and O–H groups in total. The molecule has 14 heteroatoms. The smallest absolute Gasteiger partial charge is 0.408 e. The van der Waals surface area contributed by atoms with Gasteiger partial charge in [0.2, 0.25) is 0 Å². The van der Waals surface area contributed by atoms with E-state index in [4.69, 9.17) is 16.8 Å². The summed E-state index contributed by atoms with van der Waals surface area (Å²) < 4.78 is 52.1. The highest BCUT2D eigenvalue weighted by atomic mass is 79.9. The van der Waals surface area contributed by atoms with Crippen LogP contribution in [0.1, 0.15) is 23.1 Å². The van der Waals surface area contributed by atoms with Crippen LogP contribution in [0, 0.1) is 5.82 Å². The lowest BCUT2D eigenvalue weighted by Gasteiger charge is -2.16. The predicted octanol–water partition coefficient (Wildman–Crippen LogP) is 3.47. The normalized spacial score (nSPS) is 13.1. The molecule has 0 aliphatic rings. The number of aryl methyl sites for hydroxylation is 1. The fourth-order valence-electron chi connectivity index (χ4n) is 2.21. The standard InChI is InChI=1S/C16H13BrClF4N5O3/c1-6(16(20,21)22)23-14(28)12(26-30)11-10(17)13(27(2)25-11)15(29)24-7-3-4-9(19)8(18)5-7/h3-6,30H,1-2H3,(H,23,28)(H,24,29)/b26-12+. The van der Waals surface area contributed by atoms with Crippen LogP contribution in [0.15, 0.2) is 27.8 Å². The SMILES string of the molecule is CC(NC(=O)/C(=N/O)c1nn(C)c(C(=O)Nc2ccc(F)c(Cl)c2)c1Br)C(F)(F)F. The van der Waals surface area contributed by atoms with Gasteiger partial charge in [-0.2, -0.15) is 18.3 Å². The summed E-state index contributed by atoms with van der Waals surface area (Å²) >= 11 is 8.69. The molecule has 2 amide bonds. The average molecular weight is 515 g/mol. The predicted molar refractivity (Wildman–Crippen MR) is 102 cm³/mol. The molecule has 0 fully saturated rings. The number of hydrogen-bond donors (Lipinski definition) is 3. The van der Waals surface area contributed by atoms with Gasteiger partial charge >= 0.3 is 6.18 Å². The fraction of sp³-hybridized carbons (Fsp3) is 0.250. The number of nitrogens with one attached hydrogen (secondary N) is 2. The lowest BCUT2D eigenvalue weighted by atomic mass is 10.2. The Kier molecular flexibility index (Phi) is 7.08. The number of carbonyl (C=O) groups is 2. The van der Waals surface area contributed by atoms with Crippen LogP contribution in [0.25, 0.3) is 0 Å². The third-order valence-corrected chi connectivity index (χ3v) is 4.80. The van der Waals surface area contributed by atoms with Gasteiger partial charge in [0.15, 0.2) is 5.71 Å². The molecule has 1 aromatic heterocycles. The van der Waals surface area contributed by atoms with Gasteiger partial charge in [0.25, 0.3) is 11.8 Å². The molecular weight excluding hydrogens is 502 g/mol. The molecule has 8 nitrogen and oxygen atoms in total. The van der Waals surface area contributed by atoms with Crippen molar-refractivity contribution in [3.8, 4) is 0 Å². The molecule has 0 aliphatic carbocycles. The molecule has 30 heavy (non-hydrogen) atoms. The van der Waals surface area contributed by atoms with E-state index in [0.717, 1.165) is 16.8 Å². The first-order valence-corrected chi connectivity index (χ1v) is 9.12. The third-order valence-electron chi connectivity index (χ3n) is 3.76. The van der Waals surface area contributed by atoms with Crippen molar-refractivity contribution in [2.24, 2.45) is 12.2 Å². The molecule has 1 aromatic carbocycles. The minimum atomic E-state index is -4.72. The van der Waals surface area contributed by atoms with Crippen LogP contribution < -0.4 is 10.6 Å². The highest BCUT2D eigenvalue weighted by Gasteiger charge is 2.38. The molecular formula is C16H13BrClF4N5O3. The summed E-state index contributed by atoms with van der Waals surface area (Å²) in [4.78, 5) is 24.7. The van der Waals surface area contributed by atoms with E-state index in [9.17, 15) is 27.2 Å². The first-order chi connectivity index (χ1) is 13.9. The fourth-order valence-corrected chi connectivity index (χ4v) is 3.09. The molecule has 2 aromatic rings. The second-order valence-electron chi connectivity index (χ2n) is 5.90. The van der Waals surface area contributed by atoms with Gasteiger partial charge in [-0.1, -0.05) is 16.8 Å². The van der Waals surface area contributed by atoms with Gasteiger partial charge in [-0.3, -0.25) is 14.3 Å². The van der Waals surface area contributed by atoms with E-state index in [2.05, 4.69) is 31.5 Å². The number of halogens is 6. The maximum absolute atomic E-state index is 13.2. The van der Waals surface area contributed by atoms with Crippen molar-refractivity contribution in [2.45, 2.75) is 19.1 Å². The first kappa shape index (κ1) is 23.6. The Hall–Kier alpha value is -2.67. The minimum absolute atomic E-state index is 0.127.